The summed E-state index contributed by atoms with van der Waals surface area (Å²) in [6.07, 6.45) is -7.19. The fourth-order valence-corrected chi connectivity index (χ4v) is 2.11. The molecule has 0 amide bonds. The van der Waals surface area contributed by atoms with Crippen molar-refractivity contribution < 1.29 is 40.7 Å². The number of ether oxygens (including phenoxy) is 1. The van der Waals surface area contributed by atoms with E-state index in [0.29, 0.717) is 6.07 Å². The number of hydrogen-bond donors (Lipinski definition) is 1. The van der Waals surface area contributed by atoms with Crippen molar-refractivity contribution in [2.45, 2.75) is 19.3 Å². The number of aliphatic carboxylic acids is 1. The largest absolute Gasteiger partial charge is 0.488 e. The highest BCUT2D eigenvalue weighted by Gasteiger charge is 2.19. The van der Waals surface area contributed by atoms with Gasteiger partial charge in [0.05, 0.1) is 16.0 Å². The summed E-state index contributed by atoms with van der Waals surface area (Å²) >= 11 is 0. The van der Waals surface area contributed by atoms with Gasteiger partial charge in [0.25, 0.3) is 0 Å². The van der Waals surface area contributed by atoms with Crippen LogP contribution in [0.5, 0.6) is 5.75 Å². The lowest BCUT2D eigenvalue weighted by Gasteiger charge is -2.13. The third-order valence-electron chi connectivity index (χ3n) is 3.06. The third kappa shape index (κ3) is 4.09. The third-order valence-corrected chi connectivity index (χ3v) is 3.06. The van der Waals surface area contributed by atoms with Crippen LogP contribution >= 0.6 is 0 Å². The highest BCUT2D eigenvalue weighted by Crippen LogP contribution is 2.37. The normalized spacial score (nSPS) is 30.8. The SMILES string of the molecule is [2H]/C(=C1/c2cc(C([2H])([2H])C(=O)O)ccc2OC([2H])([2H])c2c([2H])c([2H])c([2H])c([2H])c21)C([2H])([2H])C([2H])([2H])N(C([2H])([2H])[2H])C([2H])([2H])[2H]. The fourth-order valence-electron chi connectivity index (χ4n) is 2.11. The lowest BCUT2D eigenvalue weighted by molar-refractivity contribution is -0.136. The van der Waals surface area contributed by atoms with E-state index in [0.717, 1.165) is 12.1 Å². The van der Waals surface area contributed by atoms with Gasteiger partial charge in [-0.25, -0.2) is 0 Å². The van der Waals surface area contributed by atoms with Gasteiger partial charge in [0.1, 0.15) is 12.3 Å². The van der Waals surface area contributed by atoms with E-state index in [1.165, 1.54) is 0 Å². The van der Waals surface area contributed by atoms with E-state index in [2.05, 4.69) is 0 Å². The maximum absolute atomic E-state index is 11.7. The van der Waals surface area contributed by atoms with Crippen molar-refractivity contribution in [2.24, 2.45) is 0 Å². The molecule has 0 saturated carbocycles. The molecule has 3 rings (SSSR count). The highest BCUT2D eigenvalue weighted by atomic mass is 16.5. The minimum Gasteiger partial charge on any atom is -0.488 e. The first-order valence-electron chi connectivity index (χ1n) is 16.2. The first kappa shape index (κ1) is 5.45. The molecule has 1 aliphatic rings. The number of rotatable bonds is 5. The molecule has 2 aromatic carbocycles. The molecule has 25 heavy (non-hydrogen) atoms. The Hall–Kier alpha value is -2.59. The zero-order valence-corrected chi connectivity index (χ0v) is 12.4. The van der Waals surface area contributed by atoms with E-state index >= 15 is 0 Å². The molecule has 0 fully saturated rings. The van der Waals surface area contributed by atoms with Crippen molar-refractivity contribution in [2.75, 3.05) is 20.4 Å². The predicted molar refractivity (Wildman–Crippen MR) is 98.8 cm³/mol. The molecule has 1 N–H and O–H groups in total. The van der Waals surface area contributed by atoms with Crippen LogP contribution in [0.15, 0.2) is 48.4 Å². The van der Waals surface area contributed by atoms with Crippen molar-refractivity contribution in [1.82, 2.24) is 4.90 Å². The van der Waals surface area contributed by atoms with Gasteiger partial charge in [-0.15, -0.1) is 0 Å². The van der Waals surface area contributed by atoms with E-state index in [4.69, 9.17) is 30.8 Å². The number of carboxylic acids is 1. The summed E-state index contributed by atoms with van der Waals surface area (Å²) in [5.41, 5.74) is -4.50. The van der Waals surface area contributed by atoms with Crippen molar-refractivity contribution >= 4 is 11.5 Å². The zero-order chi connectivity index (χ0) is 34.3. The first-order chi connectivity index (χ1) is 19.5. The molecule has 1 heterocycles. The van der Waals surface area contributed by atoms with E-state index < -0.39 is 114 Å². The summed E-state index contributed by atoms with van der Waals surface area (Å²) in [4.78, 5) is 10.9. The van der Waals surface area contributed by atoms with E-state index in [9.17, 15) is 9.90 Å². The Bertz CT molecular complexity index is 1540. The quantitative estimate of drug-likeness (QED) is 0.889. The number of benzene rings is 2. The summed E-state index contributed by atoms with van der Waals surface area (Å²) in [5, 5.41) is 9.43. The molecular weight excluding hydrogens is 314 g/mol. The second-order valence-electron chi connectivity index (χ2n) is 4.67. The lowest BCUT2D eigenvalue weighted by Crippen LogP contribution is -2.12. The standard InChI is InChI=1S/C21H23NO3/c1-22(2)11-5-8-18-17-7-4-3-6-16(17)14-25-20-10-9-15(12-19(18)20)13-21(23)24/h3-4,6-10,12H,5,11,13-14H2,1-2H3,(H,23,24)/b18-8-/i1D3,2D3,3D,4D,5D2,6D,7D,8D,11D2,13D2,14D2. The van der Waals surface area contributed by atoms with Gasteiger partial charge >= 0.3 is 5.97 Å². The smallest absolute Gasteiger partial charge is 0.307 e. The van der Waals surface area contributed by atoms with Gasteiger partial charge in [0.15, 0.2) is 0 Å². The number of carbonyl (C=O) groups is 1. The van der Waals surface area contributed by atoms with Crippen molar-refractivity contribution in [3.8, 4) is 5.75 Å². The van der Waals surface area contributed by atoms with Crippen LogP contribution in [0.4, 0.5) is 0 Å². The molecule has 0 unspecified atom stereocenters. The Balaban J connectivity index is 2.67. The monoisotopic (exact) mass is 356 g/mol. The predicted octanol–water partition coefficient (Wildman–Crippen LogP) is 3.59. The molecule has 0 aromatic heterocycles. The van der Waals surface area contributed by atoms with Crippen molar-refractivity contribution in [3.63, 3.8) is 0 Å². The zero-order valence-electron chi connectivity index (χ0n) is 31.4. The number of hydrogen-bond acceptors (Lipinski definition) is 3. The Kier molecular flexibility index (Phi) is 1.64. The van der Waals surface area contributed by atoms with E-state index in [-0.39, 0.29) is 0 Å². The molecular formula is C21H23NO3. The van der Waals surface area contributed by atoms with E-state index in [1.807, 2.05) is 0 Å². The molecule has 1 aliphatic heterocycles. The van der Waals surface area contributed by atoms with Crippen LogP contribution in [-0.4, -0.2) is 36.4 Å². The summed E-state index contributed by atoms with van der Waals surface area (Å²) in [6.45, 7) is -15.0. The van der Waals surface area contributed by atoms with E-state index in [1.54, 1.807) is 0 Å². The van der Waals surface area contributed by atoms with Gasteiger partial charge in [-0.3, -0.25) is 4.79 Å². The highest BCUT2D eigenvalue weighted by molar-refractivity contribution is 5.85. The minimum atomic E-state index is -4.11. The van der Waals surface area contributed by atoms with Gasteiger partial charge in [-0.1, -0.05) is 36.3 Å². The second kappa shape index (κ2) is 7.53. The molecule has 130 valence electrons. The lowest BCUT2D eigenvalue weighted by atomic mass is 9.92. The molecule has 4 heteroatoms. The maximum Gasteiger partial charge on any atom is 0.307 e. The number of nitrogens with zero attached hydrogens (tertiary/aromatic N) is 1. The molecule has 0 bridgehead atoms. The number of fused-ring (bicyclic) bond motifs is 2. The Labute approximate surface area is 175 Å². The van der Waals surface area contributed by atoms with Gasteiger partial charge in [0, 0.05) is 28.5 Å². The van der Waals surface area contributed by atoms with Gasteiger partial charge in [-0.2, -0.15) is 0 Å². The van der Waals surface area contributed by atoms with Crippen LogP contribution in [-0.2, 0) is 17.7 Å². The van der Waals surface area contributed by atoms with Crippen molar-refractivity contribution in [3.05, 3.63) is 70.7 Å². The maximum atomic E-state index is 11.7. The molecule has 0 atom stereocenters. The van der Waals surface area contributed by atoms with Crippen molar-refractivity contribution in [1.29, 1.82) is 0 Å². The first-order valence-corrected chi connectivity index (χ1v) is 6.74. The average Bonchev–Trinajstić information content (AvgIpc) is 2.93. The van der Waals surface area contributed by atoms with Gasteiger partial charge in [-0.05, 0) is 54.7 Å². The summed E-state index contributed by atoms with van der Waals surface area (Å²) < 4.78 is 160. The average molecular weight is 357 g/mol. The van der Waals surface area contributed by atoms with Crippen LogP contribution in [0.3, 0.4) is 0 Å². The topological polar surface area (TPSA) is 49.8 Å². The van der Waals surface area contributed by atoms with Crippen LogP contribution in [0.1, 0.15) is 54.7 Å². The number of carboxylic acid groups (broad SMARTS) is 1. The van der Waals surface area contributed by atoms with Crippen LogP contribution < -0.4 is 4.74 Å². The minimum absolute atomic E-state index is 0.663. The molecule has 2 aromatic rings. The van der Waals surface area contributed by atoms with Gasteiger partial charge in [0.2, 0.25) is 0 Å². The molecule has 0 aliphatic carbocycles. The van der Waals surface area contributed by atoms with Gasteiger partial charge < -0.3 is 14.7 Å². The second-order valence-corrected chi connectivity index (χ2v) is 4.67. The Morgan fingerprint density at radius 1 is 1.48 bits per heavy atom. The molecule has 0 spiro atoms. The molecule has 4 nitrogen and oxygen atoms in total. The Morgan fingerprint density at radius 2 is 2.32 bits per heavy atom. The summed E-state index contributed by atoms with van der Waals surface area (Å²) in [5.74, 6) is -2.69. The molecule has 0 radical (unpaired) electrons. The molecule has 0 saturated heterocycles. The summed E-state index contributed by atoms with van der Waals surface area (Å²) in [7, 11) is 0. The fraction of sp³-hybridized carbons (Fsp3) is 0.286. The summed E-state index contributed by atoms with van der Waals surface area (Å²) in [6, 6.07) is -3.54. The van der Waals surface area contributed by atoms with Crippen LogP contribution in [0.25, 0.3) is 5.57 Å². The van der Waals surface area contributed by atoms with Crippen LogP contribution in [0.2, 0.25) is 0 Å². The van der Waals surface area contributed by atoms with Crippen LogP contribution in [0, 0.1) is 0 Å². The Morgan fingerprint density at radius 3 is 3.12 bits per heavy atom.